The van der Waals surface area contributed by atoms with E-state index in [0.717, 1.165) is 24.2 Å². The molecule has 0 heterocycles. The number of rotatable bonds is 6. The minimum Gasteiger partial charge on any atom is -0.392 e. The second-order valence-corrected chi connectivity index (χ2v) is 6.31. The monoisotopic (exact) mass is 300 g/mol. The van der Waals surface area contributed by atoms with Crippen LogP contribution in [0.25, 0.3) is 0 Å². The molecule has 5 heteroatoms. The van der Waals surface area contributed by atoms with Crippen LogP contribution in [0.2, 0.25) is 0 Å². The first kappa shape index (κ1) is 16.1. The number of hydrogen-bond acceptors (Lipinski definition) is 2. The Labute approximate surface area is 123 Å². The van der Waals surface area contributed by atoms with Crippen molar-refractivity contribution >= 4 is 22.6 Å². The molecule has 0 amide bonds. The van der Waals surface area contributed by atoms with Gasteiger partial charge in [-0.2, -0.15) is 0 Å². The lowest BCUT2D eigenvalue weighted by atomic mass is 10.1. The van der Waals surface area contributed by atoms with Gasteiger partial charge in [0.25, 0.3) is 0 Å². The zero-order valence-corrected chi connectivity index (χ0v) is 12.9. The Hall–Kier alpha value is -1.00. The molecule has 0 saturated carbocycles. The van der Waals surface area contributed by atoms with Gasteiger partial charge in [0.1, 0.15) is 11.0 Å². The van der Waals surface area contributed by atoms with Gasteiger partial charge in [0.05, 0.1) is 10.6 Å². The average molecular weight is 301 g/mol. The van der Waals surface area contributed by atoms with Crippen molar-refractivity contribution in [2.75, 3.05) is 7.05 Å². The fourth-order valence-corrected chi connectivity index (χ4v) is 2.90. The van der Waals surface area contributed by atoms with Gasteiger partial charge in [0.15, 0.2) is 0 Å². The summed E-state index contributed by atoms with van der Waals surface area (Å²) in [7, 11) is 0.703. The Morgan fingerprint density at radius 3 is 2.68 bits per heavy atom. The van der Waals surface area contributed by atoms with Gasteiger partial charge in [-0.3, -0.25) is 0 Å². The zero-order valence-electron chi connectivity index (χ0n) is 11.4. The van der Waals surface area contributed by atoms with Crippen LogP contribution >= 0.6 is 11.6 Å². The van der Waals surface area contributed by atoms with Crippen LogP contribution in [0.4, 0.5) is 0 Å². The first-order valence-corrected chi connectivity index (χ1v) is 7.90. The maximum atomic E-state index is 12.2. The second kappa shape index (κ2) is 8.23. The van der Waals surface area contributed by atoms with E-state index in [9.17, 15) is 4.21 Å². The third-order valence-corrected chi connectivity index (χ3v) is 4.63. The summed E-state index contributed by atoms with van der Waals surface area (Å²) in [5.74, 6) is 0. The number of allylic oxidation sites excluding steroid dienone is 5. The summed E-state index contributed by atoms with van der Waals surface area (Å²) in [6.07, 6.45) is 11.0. The van der Waals surface area contributed by atoms with Crippen LogP contribution in [0.5, 0.6) is 0 Å². The molecule has 0 aromatic carbocycles. The van der Waals surface area contributed by atoms with Crippen LogP contribution < -0.4 is 10.0 Å². The topological polar surface area (TPSA) is 41.1 Å². The molecule has 0 saturated heterocycles. The number of hydrogen-bond donors (Lipinski definition) is 2. The molecule has 3 unspecified atom stereocenters. The maximum absolute atomic E-state index is 12.2. The normalized spacial score (nSPS) is 25.8. The Morgan fingerprint density at radius 1 is 1.42 bits per heavy atom. The van der Waals surface area contributed by atoms with Crippen LogP contribution in [0.15, 0.2) is 48.4 Å². The molecule has 0 spiro atoms. The SMILES string of the molecule is C=C/C(=C\C=C(/C)NC)NS(=O)C1C=CC(Cl)CC1. The smallest absolute Gasteiger partial charge is 0.124 e. The van der Waals surface area contributed by atoms with Gasteiger partial charge in [-0.15, -0.1) is 11.6 Å². The zero-order chi connectivity index (χ0) is 14.3. The molecule has 0 aliphatic heterocycles. The highest BCUT2D eigenvalue weighted by atomic mass is 35.5. The lowest BCUT2D eigenvalue weighted by molar-refractivity contribution is 0.656. The molecular weight excluding hydrogens is 280 g/mol. The fourth-order valence-electron chi connectivity index (χ4n) is 1.57. The Bertz CT molecular complexity index is 429. The molecule has 19 heavy (non-hydrogen) atoms. The largest absolute Gasteiger partial charge is 0.392 e. The highest BCUT2D eigenvalue weighted by molar-refractivity contribution is 7.84. The molecule has 3 nitrogen and oxygen atoms in total. The van der Waals surface area contributed by atoms with Gasteiger partial charge in [0, 0.05) is 18.4 Å². The highest BCUT2D eigenvalue weighted by Crippen LogP contribution is 2.19. The van der Waals surface area contributed by atoms with Crippen LogP contribution in [0, 0.1) is 0 Å². The molecule has 1 rings (SSSR count). The second-order valence-electron chi connectivity index (χ2n) is 4.34. The number of nitrogens with one attached hydrogen (secondary N) is 2. The number of halogens is 1. The molecule has 0 aromatic rings. The molecule has 0 fully saturated rings. The quantitative estimate of drug-likeness (QED) is 0.450. The third kappa shape index (κ3) is 5.66. The fraction of sp³-hybridized carbons (Fsp3) is 0.429. The van der Waals surface area contributed by atoms with E-state index >= 15 is 0 Å². The van der Waals surface area contributed by atoms with Gasteiger partial charge < -0.3 is 10.0 Å². The van der Waals surface area contributed by atoms with Crippen LogP contribution in [0.1, 0.15) is 19.8 Å². The molecule has 1 aliphatic rings. The minimum atomic E-state index is -1.15. The molecule has 0 aromatic heterocycles. The van der Waals surface area contributed by atoms with Gasteiger partial charge in [0.2, 0.25) is 0 Å². The maximum Gasteiger partial charge on any atom is 0.124 e. The third-order valence-electron chi connectivity index (χ3n) is 2.88. The Balaban J connectivity index is 2.63. The van der Waals surface area contributed by atoms with Crippen molar-refractivity contribution in [3.8, 4) is 0 Å². The first-order chi connectivity index (χ1) is 9.06. The molecule has 0 bridgehead atoms. The van der Waals surface area contributed by atoms with E-state index in [1.807, 2.05) is 38.3 Å². The molecule has 3 atom stereocenters. The van der Waals surface area contributed by atoms with Crippen molar-refractivity contribution in [1.29, 1.82) is 0 Å². The van der Waals surface area contributed by atoms with Crippen LogP contribution in [-0.4, -0.2) is 21.9 Å². The molecule has 0 radical (unpaired) electrons. The van der Waals surface area contributed by atoms with Crippen molar-refractivity contribution in [3.63, 3.8) is 0 Å². The lowest BCUT2D eigenvalue weighted by Crippen LogP contribution is -2.28. The average Bonchev–Trinajstić information content (AvgIpc) is 2.43. The van der Waals surface area contributed by atoms with Gasteiger partial charge in [-0.25, -0.2) is 4.21 Å². The first-order valence-electron chi connectivity index (χ1n) is 6.25. The van der Waals surface area contributed by atoms with E-state index in [4.69, 9.17) is 11.6 Å². The highest BCUT2D eigenvalue weighted by Gasteiger charge is 2.19. The summed E-state index contributed by atoms with van der Waals surface area (Å²) in [4.78, 5) is 0. The predicted octanol–water partition coefficient (Wildman–Crippen LogP) is 2.76. The van der Waals surface area contributed by atoms with E-state index in [1.165, 1.54) is 0 Å². The summed E-state index contributed by atoms with van der Waals surface area (Å²) >= 11 is 5.97. The van der Waals surface area contributed by atoms with Crippen molar-refractivity contribution in [1.82, 2.24) is 10.0 Å². The van der Waals surface area contributed by atoms with Gasteiger partial charge >= 0.3 is 0 Å². The van der Waals surface area contributed by atoms with Crippen molar-refractivity contribution in [3.05, 3.63) is 48.4 Å². The minimum absolute atomic E-state index is 0.00715. The van der Waals surface area contributed by atoms with E-state index in [0.29, 0.717) is 0 Å². The van der Waals surface area contributed by atoms with E-state index in [-0.39, 0.29) is 10.6 Å². The van der Waals surface area contributed by atoms with E-state index in [2.05, 4.69) is 16.6 Å². The number of alkyl halides is 1. The molecule has 1 aliphatic carbocycles. The van der Waals surface area contributed by atoms with Crippen molar-refractivity contribution < 1.29 is 4.21 Å². The molecule has 2 N–H and O–H groups in total. The molecule has 106 valence electrons. The van der Waals surface area contributed by atoms with Crippen LogP contribution in [-0.2, 0) is 11.0 Å². The van der Waals surface area contributed by atoms with Gasteiger partial charge in [-0.05, 0) is 38.0 Å². The predicted molar refractivity (Wildman–Crippen MR) is 84.2 cm³/mol. The Kier molecular flexibility index (Phi) is 6.95. The van der Waals surface area contributed by atoms with Crippen molar-refractivity contribution in [2.45, 2.75) is 30.4 Å². The van der Waals surface area contributed by atoms with Gasteiger partial charge in [-0.1, -0.05) is 18.7 Å². The van der Waals surface area contributed by atoms with E-state index in [1.54, 1.807) is 6.08 Å². The standard InChI is InChI=1S/C14H21ClN2OS/c1-4-13(8-5-11(2)16-3)17-19(18)14-9-6-12(15)7-10-14/h4-6,8-9,12,14,16-17H,1,7,10H2,2-3H3/b11-5+,13-8+. The summed E-state index contributed by atoms with van der Waals surface area (Å²) in [5.41, 5.74) is 1.77. The Morgan fingerprint density at radius 2 is 2.16 bits per heavy atom. The summed E-state index contributed by atoms with van der Waals surface area (Å²) in [5, 5.41) is 3.10. The summed E-state index contributed by atoms with van der Waals surface area (Å²) in [6.45, 7) is 5.68. The summed E-state index contributed by atoms with van der Waals surface area (Å²) < 4.78 is 15.1. The van der Waals surface area contributed by atoms with Crippen molar-refractivity contribution in [2.24, 2.45) is 0 Å². The lowest BCUT2D eigenvalue weighted by Gasteiger charge is -2.19. The summed E-state index contributed by atoms with van der Waals surface area (Å²) in [6, 6.07) is 0. The van der Waals surface area contributed by atoms with Crippen LogP contribution in [0.3, 0.4) is 0 Å². The van der Waals surface area contributed by atoms with E-state index < -0.39 is 11.0 Å². The molecular formula is C14H21ClN2OS.